The first kappa shape index (κ1) is 20.0. The first-order valence-electron chi connectivity index (χ1n) is 9.28. The summed E-state index contributed by atoms with van der Waals surface area (Å²) >= 11 is 0. The van der Waals surface area contributed by atoms with Crippen LogP contribution in [-0.4, -0.2) is 45.5 Å². The van der Waals surface area contributed by atoms with Crippen molar-refractivity contribution in [3.05, 3.63) is 60.2 Å². The lowest BCUT2D eigenvalue weighted by molar-refractivity contribution is 0.0954. The van der Waals surface area contributed by atoms with Gasteiger partial charge in [-0.3, -0.25) is 4.79 Å². The van der Waals surface area contributed by atoms with Gasteiger partial charge in [-0.1, -0.05) is 6.07 Å². The maximum absolute atomic E-state index is 12.2. The van der Waals surface area contributed by atoms with Gasteiger partial charge in [-0.15, -0.1) is 0 Å². The molecule has 0 aliphatic carbocycles. The second kappa shape index (κ2) is 9.98. The molecule has 0 aliphatic rings. The lowest BCUT2D eigenvalue weighted by Gasteiger charge is -2.10. The Morgan fingerprint density at radius 2 is 1.90 bits per heavy atom. The smallest absolute Gasteiger partial charge is 0.252 e. The van der Waals surface area contributed by atoms with Crippen LogP contribution < -0.4 is 20.7 Å². The summed E-state index contributed by atoms with van der Waals surface area (Å²) < 4.78 is 5.27. The molecule has 3 rings (SSSR count). The molecule has 0 atom stereocenters. The van der Waals surface area contributed by atoms with Crippen LogP contribution in [0, 0.1) is 6.92 Å². The SMILES string of the molecule is CCOc1ccc(C(=O)NCCNc2cc(Nc3ccccn3)nc(C)n2)cn1. The van der Waals surface area contributed by atoms with Crippen molar-refractivity contribution in [2.75, 3.05) is 30.3 Å². The van der Waals surface area contributed by atoms with Gasteiger partial charge in [0, 0.05) is 37.6 Å². The second-order valence-corrected chi connectivity index (χ2v) is 6.03. The van der Waals surface area contributed by atoms with E-state index in [1.54, 1.807) is 24.4 Å². The molecule has 0 radical (unpaired) electrons. The standard InChI is InChI=1S/C20H23N7O2/c1-3-29-19-8-7-15(13-24-19)20(28)23-11-10-22-17-12-18(26-14(2)25-17)27-16-6-4-5-9-21-16/h4-9,12-13H,3,10-11H2,1-2H3,(H,23,28)(H2,21,22,25,26,27). The van der Waals surface area contributed by atoms with Crippen LogP contribution in [0.1, 0.15) is 23.1 Å². The summed E-state index contributed by atoms with van der Waals surface area (Å²) in [6.07, 6.45) is 3.20. The van der Waals surface area contributed by atoms with Crippen molar-refractivity contribution >= 4 is 23.4 Å². The molecule has 3 aromatic heterocycles. The minimum Gasteiger partial charge on any atom is -0.478 e. The molecule has 1 amide bonds. The van der Waals surface area contributed by atoms with Gasteiger partial charge in [0.05, 0.1) is 12.2 Å². The van der Waals surface area contributed by atoms with Crippen molar-refractivity contribution in [1.29, 1.82) is 0 Å². The Morgan fingerprint density at radius 1 is 1.03 bits per heavy atom. The number of rotatable bonds is 9. The van der Waals surface area contributed by atoms with Gasteiger partial charge in [0.25, 0.3) is 5.91 Å². The highest BCUT2D eigenvalue weighted by molar-refractivity contribution is 5.93. The molecule has 0 unspecified atom stereocenters. The highest BCUT2D eigenvalue weighted by atomic mass is 16.5. The minimum absolute atomic E-state index is 0.196. The van der Waals surface area contributed by atoms with Gasteiger partial charge in [-0.25, -0.2) is 19.9 Å². The molecule has 3 N–H and O–H groups in total. The summed E-state index contributed by atoms with van der Waals surface area (Å²) in [6.45, 7) is 5.17. The van der Waals surface area contributed by atoms with Gasteiger partial charge < -0.3 is 20.7 Å². The summed E-state index contributed by atoms with van der Waals surface area (Å²) in [5.74, 6) is 2.93. The first-order valence-corrected chi connectivity index (χ1v) is 9.28. The summed E-state index contributed by atoms with van der Waals surface area (Å²) in [5, 5.41) is 9.16. The van der Waals surface area contributed by atoms with Crippen LogP contribution in [0.3, 0.4) is 0 Å². The zero-order valence-corrected chi connectivity index (χ0v) is 16.3. The van der Waals surface area contributed by atoms with E-state index in [2.05, 4.69) is 35.9 Å². The third-order valence-electron chi connectivity index (χ3n) is 3.77. The van der Waals surface area contributed by atoms with Crippen LogP contribution in [0.15, 0.2) is 48.8 Å². The van der Waals surface area contributed by atoms with Crippen molar-refractivity contribution in [3.63, 3.8) is 0 Å². The van der Waals surface area contributed by atoms with E-state index in [0.29, 0.717) is 54.4 Å². The lowest BCUT2D eigenvalue weighted by Crippen LogP contribution is -2.29. The average Bonchev–Trinajstić information content (AvgIpc) is 2.72. The zero-order valence-electron chi connectivity index (χ0n) is 16.3. The maximum atomic E-state index is 12.2. The van der Waals surface area contributed by atoms with E-state index in [1.807, 2.05) is 32.0 Å². The highest BCUT2D eigenvalue weighted by Gasteiger charge is 2.07. The topological polar surface area (TPSA) is 114 Å². The van der Waals surface area contributed by atoms with Gasteiger partial charge >= 0.3 is 0 Å². The minimum atomic E-state index is -0.196. The molecule has 9 nitrogen and oxygen atoms in total. The molecule has 0 aromatic carbocycles. The van der Waals surface area contributed by atoms with Crippen molar-refractivity contribution in [1.82, 2.24) is 25.3 Å². The summed E-state index contributed by atoms with van der Waals surface area (Å²) in [5.41, 5.74) is 0.480. The normalized spacial score (nSPS) is 10.3. The molecule has 150 valence electrons. The molecule has 3 aromatic rings. The Bertz CT molecular complexity index is 933. The number of nitrogens with one attached hydrogen (secondary N) is 3. The quantitative estimate of drug-likeness (QED) is 0.475. The monoisotopic (exact) mass is 393 g/mol. The first-order chi connectivity index (χ1) is 14.1. The second-order valence-electron chi connectivity index (χ2n) is 6.03. The molecule has 0 saturated heterocycles. The molecule has 3 heterocycles. The van der Waals surface area contributed by atoms with Crippen molar-refractivity contribution in [2.45, 2.75) is 13.8 Å². The number of ether oxygens (including phenoxy) is 1. The van der Waals surface area contributed by atoms with E-state index < -0.39 is 0 Å². The Morgan fingerprint density at radius 3 is 2.62 bits per heavy atom. The average molecular weight is 393 g/mol. The summed E-state index contributed by atoms with van der Waals surface area (Å²) in [6, 6.07) is 10.8. The highest BCUT2D eigenvalue weighted by Crippen LogP contribution is 2.15. The van der Waals surface area contributed by atoms with Crippen molar-refractivity contribution < 1.29 is 9.53 Å². The molecular formula is C20H23N7O2. The number of nitrogens with zero attached hydrogens (tertiary/aromatic N) is 4. The van der Waals surface area contributed by atoms with E-state index in [9.17, 15) is 4.79 Å². The van der Waals surface area contributed by atoms with E-state index in [-0.39, 0.29) is 5.91 Å². The predicted octanol–water partition coefficient (Wildman–Crippen LogP) is 2.56. The van der Waals surface area contributed by atoms with E-state index in [1.165, 1.54) is 6.20 Å². The number of hydrogen-bond acceptors (Lipinski definition) is 8. The number of carbonyl (C=O) groups is 1. The molecule has 0 bridgehead atoms. The molecular weight excluding hydrogens is 370 g/mol. The zero-order chi connectivity index (χ0) is 20.5. The fourth-order valence-electron chi connectivity index (χ4n) is 2.51. The fraction of sp³-hybridized carbons (Fsp3) is 0.250. The lowest BCUT2D eigenvalue weighted by atomic mass is 10.2. The number of carbonyl (C=O) groups excluding carboxylic acids is 1. The number of anilines is 3. The number of hydrogen-bond donors (Lipinski definition) is 3. The largest absolute Gasteiger partial charge is 0.478 e. The van der Waals surface area contributed by atoms with Crippen LogP contribution in [0.2, 0.25) is 0 Å². The number of aryl methyl sites for hydroxylation is 1. The Balaban J connectivity index is 1.49. The van der Waals surface area contributed by atoms with Crippen molar-refractivity contribution in [2.24, 2.45) is 0 Å². The molecule has 0 fully saturated rings. The van der Waals surface area contributed by atoms with E-state index in [4.69, 9.17) is 4.74 Å². The van der Waals surface area contributed by atoms with Gasteiger partial charge in [0.2, 0.25) is 5.88 Å². The Hall–Kier alpha value is -3.75. The number of amides is 1. The maximum Gasteiger partial charge on any atom is 0.252 e. The number of aromatic nitrogens is 4. The van der Waals surface area contributed by atoms with Gasteiger partial charge in [-0.2, -0.15) is 0 Å². The van der Waals surface area contributed by atoms with E-state index in [0.717, 1.165) is 0 Å². The molecule has 29 heavy (non-hydrogen) atoms. The Labute approximate surface area is 169 Å². The Kier molecular flexibility index (Phi) is 6.88. The summed E-state index contributed by atoms with van der Waals surface area (Å²) in [4.78, 5) is 29.2. The predicted molar refractivity (Wildman–Crippen MR) is 111 cm³/mol. The van der Waals surface area contributed by atoms with Crippen LogP contribution in [0.4, 0.5) is 17.5 Å². The summed E-state index contributed by atoms with van der Waals surface area (Å²) in [7, 11) is 0. The van der Waals surface area contributed by atoms with Crippen LogP contribution in [0.5, 0.6) is 5.88 Å². The van der Waals surface area contributed by atoms with E-state index >= 15 is 0 Å². The van der Waals surface area contributed by atoms with Crippen molar-refractivity contribution in [3.8, 4) is 5.88 Å². The third-order valence-corrected chi connectivity index (χ3v) is 3.77. The van der Waals surface area contributed by atoms with Crippen LogP contribution >= 0.6 is 0 Å². The van der Waals surface area contributed by atoms with Gasteiger partial charge in [-0.05, 0) is 32.0 Å². The molecule has 0 spiro atoms. The number of pyridine rings is 2. The van der Waals surface area contributed by atoms with Crippen LogP contribution in [-0.2, 0) is 0 Å². The van der Waals surface area contributed by atoms with Gasteiger partial charge in [0.1, 0.15) is 23.3 Å². The third kappa shape index (κ3) is 6.13. The van der Waals surface area contributed by atoms with Crippen LogP contribution in [0.25, 0.3) is 0 Å². The fourth-order valence-corrected chi connectivity index (χ4v) is 2.51. The molecule has 0 saturated carbocycles. The van der Waals surface area contributed by atoms with Gasteiger partial charge in [0.15, 0.2) is 0 Å². The molecule has 9 heteroatoms. The molecule has 0 aliphatic heterocycles.